The number of nitrogens with one attached hydrogen (secondary N) is 1. The summed E-state index contributed by atoms with van der Waals surface area (Å²) in [5.41, 5.74) is 0.795. The van der Waals surface area contributed by atoms with E-state index in [0.717, 1.165) is 0 Å². The number of halogens is 3. The molecule has 0 saturated carbocycles. The molecule has 2 aliphatic rings. The quantitative estimate of drug-likeness (QED) is 0.690. The van der Waals surface area contributed by atoms with Gasteiger partial charge in [0.05, 0.1) is 23.4 Å². The number of hydrogen-bond donors (Lipinski definition) is 1. The van der Waals surface area contributed by atoms with Gasteiger partial charge in [-0.05, 0) is 44.7 Å². The van der Waals surface area contributed by atoms with Gasteiger partial charge in [-0.1, -0.05) is 0 Å². The summed E-state index contributed by atoms with van der Waals surface area (Å²) in [6.45, 7) is 1.67. The maximum Gasteiger partial charge on any atom is 0.391 e. The summed E-state index contributed by atoms with van der Waals surface area (Å²) in [5.74, 6) is -1.53. The Labute approximate surface area is 168 Å². The molecule has 2 saturated heterocycles. The van der Waals surface area contributed by atoms with E-state index in [9.17, 15) is 22.8 Å². The van der Waals surface area contributed by atoms with E-state index in [-0.39, 0.29) is 30.3 Å². The minimum atomic E-state index is -4.23. The van der Waals surface area contributed by atoms with Crippen molar-refractivity contribution in [1.82, 2.24) is 29.3 Å². The third kappa shape index (κ3) is 2.83. The van der Waals surface area contributed by atoms with Gasteiger partial charge in [0.1, 0.15) is 5.52 Å². The van der Waals surface area contributed by atoms with Gasteiger partial charge in [0, 0.05) is 18.3 Å². The molecule has 11 heteroatoms. The number of aromatic amines is 1. The number of H-pyrrole nitrogens is 1. The van der Waals surface area contributed by atoms with Crippen molar-refractivity contribution in [3.8, 4) is 5.95 Å². The molecule has 0 radical (unpaired) electrons. The van der Waals surface area contributed by atoms with E-state index in [0.29, 0.717) is 29.6 Å². The summed E-state index contributed by atoms with van der Waals surface area (Å²) >= 11 is 0. The highest BCUT2D eigenvalue weighted by atomic mass is 19.4. The number of hydrogen-bond acceptors (Lipinski definition) is 4. The van der Waals surface area contributed by atoms with Crippen LogP contribution in [0.5, 0.6) is 0 Å². The van der Waals surface area contributed by atoms with Crippen molar-refractivity contribution >= 4 is 11.4 Å². The Balaban J connectivity index is 1.45. The van der Waals surface area contributed by atoms with Crippen molar-refractivity contribution in [1.29, 1.82) is 0 Å². The average Bonchev–Trinajstić information content (AvgIpc) is 3.36. The minimum Gasteiger partial charge on any atom is -0.333 e. The fourth-order valence-corrected chi connectivity index (χ4v) is 4.78. The van der Waals surface area contributed by atoms with Crippen LogP contribution in [0, 0.1) is 12.8 Å². The number of carbonyl (C=O) groups excluding carboxylic acids is 1. The first-order valence-electron chi connectivity index (χ1n) is 9.76. The lowest BCUT2D eigenvalue weighted by Crippen LogP contribution is -2.49. The van der Waals surface area contributed by atoms with Crippen molar-refractivity contribution in [3.63, 3.8) is 0 Å². The first-order chi connectivity index (χ1) is 14.2. The summed E-state index contributed by atoms with van der Waals surface area (Å²) in [4.78, 5) is 29.7. The standard InChI is InChI=1S/C19H19F3N6O2/c1-10-14(9-23-28(10)18-24-16(29)15-3-2-6-26(15)25-18)17(30)27-12-4-5-13(27)8-11(7-12)19(20,21)22/h2-3,6,9,11-13H,4-5,7-8H2,1H3,(H,24,25,29). The van der Waals surface area contributed by atoms with E-state index in [1.165, 1.54) is 15.4 Å². The summed E-state index contributed by atoms with van der Waals surface area (Å²) in [6.07, 6.45) is -0.180. The highest BCUT2D eigenvalue weighted by Crippen LogP contribution is 2.45. The number of alkyl halides is 3. The van der Waals surface area contributed by atoms with Gasteiger partial charge in [-0.2, -0.15) is 18.3 Å². The van der Waals surface area contributed by atoms with Crippen molar-refractivity contribution in [2.45, 2.75) is 50.9 Å². The van der Waals surface area contributed by atoms with E-state index in [1.807, 2.05) is 0 Å². The predicted octanol–water partition coefficient (Wildman–Crippen LogP) is 2.46. The van der Waals surface area contributed by atoms with E-state index in [2.05, 4.69) is 15.2 Å². The SMILES string of the molecule is Cc1c(C(=O)N2C3CCC2CC(C(F)(F)F)C3)cnn1-c1nn2cccc2c(=O)[nH]1. The molecule has 0 aliphatic carbocycles. The van der Waals surface area contributed by atoms with Gasteiger partial charge < -0.3 is 4.90 Å². The Bertz CT molecular complexity index is 1180. The van der Waals surface area contributed by atoms with Gasteiger partial charge >= 0.3 is 6.18 Å². The number of fused-ring (bicyclic) bond motifs is 3. The highest BCUT2D eigenvalue weighted by Gasteiger charge is 2.51. The lowest BCUT2D eigenvalue weighted by Gasteiger charge is -2.39. The van der Waals surface area contributed by atoms with Crippen LogP contribution in [0.25, 0.3) is 11.5 Å². The van der Waals surface area contributed by atoms with E-state index < -0.39 is 24.2 Å². The minimum absolute atomic E-state index is 0.0574. The van der Waals surface area contributed by atoms with Crippen LogP contribution in [0.1, 0.15) is 41.7 Å². The zero-order valence-electron chi connectivity index (χ0n) is 16.1. The van der Waals surface area contributed by atoms with Gasteiger partial charge in [0.2, 0.25) is 5.95 Å². The van der Waals surface area contributed by atoms with Crippen molar-refractivity contribution in [2.75, 3.05) is 0 Å². The first-order valence-corrected chi connectivity index (χ1v) is 9.76. The van der Waals surface area contributed by atoms with Gasteiger partial charge in [0.15, 0.2) is 0 Å². The van der Waals surface area contributed by atoms with Crippen LogP contribution < -0.4 is 5.56 Å². The monoisotopic (exact) mass is 420 g/mol. The van der Waals surface area contributed by atoms with Crippen LogP contribution in [0.2, 0.25) is 0 Å². The van der Waals surface area contributed by atoms with Crippen LogP contribution in [0.3, 0.4) is 0 Å². The van der Waals surface area contributed by atoms with Crippen LogP contribution in [-0.2, 0) is 0 Å². The van der Waals surface area contributed by atoms with Crippen molar-refractivity contribution in [3.05, 3.63) is 46.1 Å². The molecule has 3 aromatic rings. The van der Waals surface area contributed by atoms with Gasteiger partial charge in [-0.15, -0.1) is 5.10 Å². The molecule has 2 unspecified atom stereocenters. The third-order valence-electron chi connectivity index (χ3n) is 6.26. The lowest BCUT2D eigenvalue weighted by atomic mass is 9.89. The third-order valence-corrected chi connectivity index (χ3v) is 6.26. The van der Waals surface area contributed by atoms with Crippen LogP contribution >= 0.6 is 0 Å². The summed E-state index contributed by atoms with van der Waals surface area (Å²) in [7, 11) is 0. The number of rotatable bonds is 2. The molecule has 0 spiro atoms. The maximum absolute atomic E-state index is 13.2. The largest absolute Gasteiger partial charge is 0.391 e. The molecule has 5 heterocycles. The normalized spacial score (nSPS) is 24.0. The van der Waals surface area contributed by atoms with Gasteiger partial charge in [-0.25, -0.2) is 9.20 Å². The zero-order valence-corrected chi connectivity index (χ0v) is 16.1. The second-order valence-corrected chi connectivity index (χ2v) is 7.98. The molecule has 5 rings (SSSR count). The van der Waals surface area contributed by atoms with Crippen LogP contribution in [0.15, 0.2) is 29.3 Å². The molecule has 1 amide bonds. The first kappa shape index (κ1) is 18.9. The van der Waals surface area contributed by atoms with Gasteiger partial charge in [0.25, 0.3) is 11.5 Å². The molecular formula is C19H19F3N6O2. The maximum atomic E-state index is 13.2. The summed E-state index contributed by atoms with van der Waals surface area (Å²) < 4.78 is 42.3. The van der Waals surface area contributed by atoms with Crippen molar-refractivity contribution < 1.29 is 18.0 Å². The Hall–Kier alpha value is -3.11. The van der Waals surface area contributed by atoms with Crippen molar-refractivity contribution in [2.24, 2.45) is 5.92 Å². The Morgan fingerprint density at radius 3 is 2.60 bits per heavy atom. The van der Waals surface area contributed by atoms with E-state index in [1.54, 1.807) is 30.2 Å². The zero-order chi connectivity index (χ0) is 21.2. The second-order valence-electron chi connectivity index (χ2n) is 7.98. The van der Waals surface area contributed by atoms with Crippen LogP contribution in [-0.4, -0.2) is 53.4 Å². The molecule has 2 fully saturated rings. The second kappa shape index (κ2) is 6.44. The molecule has 2 atom stereocenters. The van der Waals surface area contributed by atoms with E-state index >= 15 is 0 Å². The molecule has 8 nitrogen and oxygen atoms in total. The average molecular weight is 420 g/mol. The molecule has 2 bridgehead atoms. The molecule has 158 valence electrons. The molecule has 2 aliphatic heterocycles. The number of nitrogens with zero attached hydrogens (tertiary/aromatic N) is 5. The summed E-state index contributed by atoms with van der Waals surface area (Å²) in [5, 5.41) is 8.51. The Morgan fingerprint density at radius 1 is 1.23 bits per heavy atom. The molecule has 0 aromatic carbocycles. The predicted molar refractivity (Wildman–Crippen MR) is 99.4 cm³/mol. The molecule has 3 aromatic heterocycles. The molecule has 1 N–H and O–H groups in total. The highest BCUT2D eigenvalue weighted by molar-refractivity contribution is 5.96. The fraction of sp³-hybridized carbons (Fsp3) is 0.474. The number of aromatic nitrogens is 5. The fourth-order valence-electron chi connectivity index (χ4n) is 4.78. The Morgan fingerprint density at radius 2 is 1.93 bits per heavy atom. The number of piperidine rings is 1. The summed E-state index contributed by atoms with van der Waals surface area (Å²) in [6, 6.07) is 2.48. The topological polar surface area (TPSA) is 88.3 Å². The van der Waals surface area contributed by atoms with E-state index in [4.69, 9.17) is 0 Å². The van der Waals surface area contributed by atoms with Crippen LogP contribution in [0.4, 0.5) is 13.2 Å². The number of amides is 1. The molecule has 30 heavy (non-hydrogen) atoms. The molecular weight excluding hydrogens is 401 g/mol. The number of carbonyl (C=O) groups is 1. The van der Waals surface area contributed by atoms with Gasteiger partial charge in [-0.3, -0.25) is 14.6 Å². The smallest absolute Gasteiger partial charge is 0.333 e. The Kier molecular flexibility index (Phi) is 4.06. The lowest BCUT2D eigenvalue weighted by molar-refractivity contribution is -0.189.